The number of rotatable bonds is 7. The maximum Gasteiger partial charge on any atom is 0.217 e. The molecule has 0 heterocycles. The van der Waals surface area contributed by atoms with Crippen LogP contribution in [0.2, 0.25) is 0 Å². The van der Waals surface area contributed by atoms with Gasteiger partial charge in [-0.25, -0.2) is 0 Å². The average Bonchev–Trinajstić information content (AvgIpc) is 2.36. The zero-order chi connectivity index (χ0) is 13.4. The van der Waals surface area contributed by atoms with E-state index in [4.69, 9.17) is 0 Å². The fraction of sp³-hybridized carbons (Fsp3) is 0.533. The van der Waals surface area contributed by atoms with Crippen molar-refractivity contribution in [1.29, 1.82) is 0 Å². The molecule has 1 unspecified atom stereocenters. The highest BCUT2D eigenvalue weighted by molar-refractivity contribution is 5.73. The second-order valence-electron chi connectivity index (χ2n) is 4.57. The van der Waals surface area contributed by atoms with E-state index < -0.39 is 0 Å². The molecule has 1 N–H and O–H groups in total. The van der Waals surface area contributed by atoms with Gasteiger partial charge in [0.1, 0.15) is 0 Å². The molecule has 0 aliphatic rings. The van der Waals surface area contributed by atoms with Gasteiger partial charge in [0.15, 0.2) is 0 Å². The van der Waals surface area contributed by atoms with Crippen LogP contribution >= 0.6 is 0 Å². The van der Waals surface area contributed by atoms with E-state index in [1.165, 1.54) is 5.56 Å². The molecule has 1 aromatic rings. The molecule has 1 rings (SSSR count). The SMILES string of the molecule is CCN(CC)CC(Cc1ccccc1)NC(C)=O. The van der Waals surface area contributed by atoms with E-state index in [0.29, 0.717) is 0 Å². The van der Waals surface area contributed by atoms with Gasteiger partial charge in [0.05, 0.1) is 0 Å². The van der Waals surface area contributed by atoms with Gasteiger partial charge in [-0.05, 0) is 25.1 Å². The van der Waals surface area contributed by atoms with Crippen molar-refractivity contribution in [2.45, 2.75) is 33.2 Å². The third kappa shape index (κ3) is 5.32. The summed E-state index contributed by atoms with van der Waals surface area (Å²) in [5.41, 5.74) is 1.27. The summed E-state index contributed by atoms with van der Waals surface area (Å²) in [5.74, 6) is 0.0445. The predicted octanol–water partition coefficient (Wildman–Crippen LogP) is 2.08. The summed E-state index contributed by atoms with van der Waals surface area (Å²) in [7, 11) is 0. The molecule has 0 fully saturated rings. The summed E-state index contributed by atoms with van der Waals surface area (Å²) in [6.45, 7) is 8.82. The zero-order valence-electron chi connectivity index (χ0n) is 11.6. The van der Waals surface area contributed by atoms with Gasteiger partial charge < -0.3 is 10.2 Å². The fourth-order valence-corrected chi connectivity index (χ4v) is 2.14. The van der Waals surface area contributed by atoms with Crippen LogP contribution in [0.4, 0.5) is 0 Å². The van der Waals surface area contributed by atoms with Crippen molar-refractivity contribution in [3.8, 4) is 0 Å². The van der Waals surface area contributed by atoms with Crippen LogP contribution in [0.3, 0.4) is 0 Å². The molecule has 3 heteroatoms. The number of nitrogens with zero attached hydrogens (tertiary/aromatic N) is 1. The van der Waals surface area contributed by atoms with Crippen molar-refractivity contribution < 1.29 is 4.79 Å². The van der Waals surface area contributed by atoms with E-state index in [0.717, 1.165) is 26.1 Å². The Morgan fingerprint density at radius 1 is 1.22 bits per heavy atom. The molecule has 18 heavy (non-hydrogen) atoms. The van der Waals surface area contributed by atoms with Crippen LogP contribution in [0.25, 0.3) is 0 Å². The third-order valence-corrected chi connectivity index (χ3v) is 3.11. The lowest BCUT2D eigenvalue weighted by Crippen LogP contribution is -2.44. The Kier molecular flexibility index (Phi) is 6.44. The number of likely N-dealkylation sites (N-methyl/N-ethyl adjacent to an activating group) is 1. The molecule has 3 nitrogen and oxygen atoms in total. The van der Waals surface area contributed by atoms with Crippen molar-refractivity contribution in [3.05, 3.63) is 35.9 Å². The molecule has 0 aliphatic carbocycles. The molecule has 0 aromatic heterocycles. The second kappa shape index (κ2) is 7.88. The highest BCUT2D eigenvalue weighted by Gasteiger charge is 2.13. The van der Waals surface area contributed by atoms with E-state index in [1.807, 2.05) is 18.2 Å². The van der Waals surface area contributed by atoms with Gasteiger partial charge in [0.2, 0.25) is 5.91 Å². The quantitative estimate of drug-likeness (QED) is 0.801. The van der Waals surface area contributed by atoms with E-state index in [2.05, 4.69) is 36.2 Å². The molecule has 0 spiro atoms. The first-order chi connectivity index (χ1) is 8.65. The molecule has 0 saturated carbocycles. The summed E-state index contributed by atoms with van der Waals surface area (Å²) in [4.78, 5) is 13.6. The first-order valence-electron chi connectivity index (χ1n) is 6.69. The number of nitrogens with one attached hydrogen (secondary N) is 1. The summed E-state index contributed by atoms with van der Waals surface area (Å²) in [5, 5.41) is 3.05. The molecule has 100 valence electrons. The van der Waals surface area contributed by atoms with E-state index >= 15 is 0 Å². The number of amides is 1. The number of hydrogen-bond acceptors (Lipinski definition) is 2. The molecular formula is C15H24N2O. The highest BCUT2D eigenvalue weighted by Crippen LogP contribution is 2.05. The smallest absolute Gasteiger partial charge is 0.217 e. The first-order valence-corrected chi connectivity index (χ1v) is 6.69. The average molecular weight is 248 g/mol. The van der Waals surface area contributed by atoms with Gasteiger partial charge >= 0.3 is 0 Å². The fourth-order valence-electron chi connectivity index (χ4n) is 2.14. The van der Waals surface area contributed by atoms with Crippen molar-refractivity contribution in [3.63, 3.8) is 0 Å². The van der Waals surface area contributed by atoms with Crippen molar-refractivity contribution in [1.82, 2.24) is 10.2 Å². The van der Waals surface area contributed by atoms with Gasteiger partial charge in [-0.3, -0.25) is 4.79 Å². The molecule has 1 aromatic carbocycles. The Hall–Kier alpha value is -1.35. The number of benzene rings is 1. The summed E-state index contributed by atoms with van der Waals surface area (Å²) in [6.07, 6.45) is 0.886. The topological polar surface area (TPSA) is 32.3 Å². The van der Waals surface area contributed by atoms with Gasteiger partial charge in [-0.2, -0.15) is 0 Å². The van der Waals surface area contributed by atoms with Crippen LogP contribution in [0.1, 0.15) is 26.3 Å². The maximum absolute atomic E-state index is 11.3. The van der Waals surface area contributed by atoms with Crippen LogP contribution in [0, 0.1) is 0 Å². The number of hydrogen-bond donors (Lipinski definition) is 1. The zero-order valence-corrected chi connectivity index (χ0v) is 11.6. The third-order valence-electron chi connectivity index (χ3n) is 3.11. The molecule has 0 saturated heterocycles. The number of carbonyl (C=O) groups is 1. The van der Waals surface area contributed by atoms with Crippen molar-refractivity contribution >= 4 is 5.91 Å². The lowest BCUT2D eigenvalue weighted by atomic mass is 10.1. The lowest BCUT2D eigenvalue weighted by Gasteiger charge is -2.26. The van der Waals surface area contributed by atoms with Gasteiger partial charge in [0, 0.05) is 19.5 Å². The lowest BCUT2D eigenvalue weighted by molar-refractivity contribution is -0.119. The van der Waals surface area contributed by atoms with Crippen LogP contribution in [-0.4, -0.2) is 36.5 Å². The standard InChI is InChI=1S/C15H24N2O/c1-4-17(5-2)12-15(16-13(3)18)11-14-9-7-6-8-10-14/h6-10,15H,4-5,11-12H2,1-3H3,(H,16,18). The Morgan fingerprint density at radius 2 is 1.83 bits per heavy atom. The molecular weight excluding hydrogens is 224 g/mol. The molecule has 1 atom stereocenters. The van der Waals surface area contributed by atoms with E-state index in [-0.39, 0.29) is 11.9 Å². The maximum atomic E-state index is 11.3. The Balaban J connectivity index is 2.63. The molecule has 0 bridgehead atoms. The Morgan fingerprint density at radius 3 is 2.33 bits per heavy atom. The van der Waals surface area contributed by atoms with Crippen LogP contribution in [0.15, 0.2) is 30.3 Å². The van der Waals surface area contributed by atoms with Gasteiger partial charge in [0.25, 0.3) is 0 Å². The largest absolute Gasteiger partial charge is 0.352 e. The molecule has 0 aliphatic heterocycles. The summed E-state index contributed by atoms with van der Waals surface area (Å²) in [6, 6.07) is 10.5. The van der Waals surface area contributed by atoms with E-state index in [9.17, 15) is 4.79 Å². The summed E-state index contributed by atoms with van der Waals surface area (Å²) < 4.78 is 0. The van der Waals surface area contributed by atoms with Crippen molar-refractivity contribution in [2.24, 2.45) is 0 Å². The highest BCUT2D eigenvalue weighted by atomic mass is 16.1. The van der Waals surface area contributed by atoms with Crippen LogP contribution in [0.5, 0.6) is 0 Å². The monoisotopic (exact) mass is 248 g/mol. The van der Waals surface area contributed by atoms with Crippen LogP contribution in [-0.2, 0) is 11.2 Å². The minimum absolute atomic E-state index is 0.0445. The first kappa shape index (κ1) is 14.7. The van der Waals surface area contributed by atoms with Gasteiger partial charge in [-0.15, -0.1) is 0 Å². The van der Waals surface area contributed by atoms with Crippen LogP contribution < -0.4 is 5.32 Å². The molecule has 0 radical (unpaired) electrons. The minimum Gasteiger partial charge on any atom is -0.352 e. The van der Waals surface area contributed by atoms with E-state index in [1.54, 1.807) is 6.92 Å². The van der Waals surface area contributed by atoms with Gasteiger partial charge in [-0.1, -0.05) is 44.2 Å². The molecule has 1 amide bonds. The minimum atomic E-state index is 0.0445. The number of carbonyl (C=O) groups excluding carboxylic acids is 1. The summed E-state index contributed by atoms with van der Waals surface area (Å²) >= 11 is 0. The predicted molar refractivity (Wildman–Crippen MR) is 75.5 cm³/mol. The Labute approximate surface area is 110 Å². The Bertz CT molecular complexity index is 347. The second-order valence-corrected chi connectivity index (χ2v) is 4.57. The van der Waals surface area contributed by atoms with Crippen molar-refractivity contribution in [2.75, 3.05) is 19.6 Å². The normalized spacial score (nSPS) is 12.4.